The van der Waals surface area contributed by atoms with Crippen LogP contribution in [0.2, 0.25) is 0 Å². The third-order valence-electron chi connectivity index (χ3n) is 3.20. The molecule has 0 radical (unpaired) electrons. The third-order valence-corrected chi connectivity index (χ3v) is 3.20. The Morgan fingerprint density at radius 1 is 1.09 bits per heavy atom. The number of rotatable bonds is 6. The lowest BCUT2D eigenvalue weighted by Gasteiger charge is -2.09. The maximum atomic E-state index is 11.9. The van der Waals surface area contributed by atoms with Gasteiger partial charge in [-0.25, -0.2) is 4.79 Å². The number of para-hydroxylation sites is 1. The molecule has 2 aromatic rings. The SMILES string of the molecule is CCOc1ccc(/C=C/C(=O)Oc2ccccc2C)cc1OC. The summed E-state index contributed by atoms with van der Waals surface area (Å²) < 4.78 is 16.0. The van der Waals surface area contributed by atoms with E-state index in [-0.39, 0.29) is 0 Å². The zero-order valence-corrected chi connectivity index (χ0v) is 13.5. The van der Waals surface area contributed by atoms with Gasteiger partial charge in [0.15, 0.2) is 11.5 Å². The van der Waals surface area contributed by atoms with E-state index in [0.717, 1.165) is 11.1 Å². The molecule has 0 saturated heterocycles. The number of hydrogen-bond acceptors (Lipinski definition) is 4. The van der Waals surface area contributed by atoms with Crippen molar-refractivity contribution in [2.45, 2.75) is 13.8 Å². The van der Waals surface area contributed by atoms with Gasteiger partial charge in [-0.3, -0.25) is 0 Å². The average molecular weight is 312 g/mol. The fourth-order valence-electron chi connectivity index (χ4n) is 2.04. The molecule has 0 spiro atoms. The van der Waals surface area contributed by atoms with Crippen molar-refractivity contribution in [2.75, 3.05) is 13.7 Å². The van der Waals surface area contributed by atoms with Gasteiger partial charge >= 0.3 is 5.97 Å². The summed E-state index contributed by atoms with van der Waals surface area (Å²) in [5, 5.41) is 0. The maximum absolute atomic E-state index is 11.9. The van der Waals surface area contributed by atoms with Gasteiger partial charge in [-0.1, -0.05) is 24.3 Å². The first-order valence-corrected chi connectivity index (χ1v) is 7.40. The van der Waals surface area contributed by atoms with Crippen LogP contribution >= 0.6 is 0 Å². The first-order chi connectivity index (χ1) is 11.1. The molecular formula is C19H20O4. The predicted octanol–water partition coefficient (Wildman–Crippen LogP) is 4.02. The summed E-state index contributed by atoms with van der Waals surface area (Å²) in [6.07, 6.45) is 3.07. The Kier molecular flexibility index (Phi) is 5.80. The highest BCUT2D eigenvalue weighted by atomic mass is 16.5. The number of benzene rings is 2. The van der Waals surface area contributed by atoms with Crippen molar-refractivity contribution in [3.63, 3.8) is 0 Å². The highest BCUT2D eigenvalue weighted by molar-refractivity contribution is 5.89. The molecular weight excluding hydrogens is 292 g/mol. The third kappa shape index (κ3) is 4.61. The summed E-state index contributed by atoms with van der Waals surface area (Å²) >= 11 is 0. The summed E-state index contributed by atoms with van der Waals surface area (Å²) in [7, 11) is 1.58. The topological polar surface area (TPSA) is 44.8 Å². The molecule has 0 aliphatic carbocycles. The van der Waals surface area contributed by atoms with Gasteiger partial charge in [-0.15, -0.1) is 0 Å². The van der Waals surface area contributed by atoms with Crippen molar-refractivity contribution in [1.82, 2.24) is 0 Å². The van der Waals surface area contributed by atoms with Gasteiger partial charge in [0, 0.05) is 6.08 Å². The molecule has 120 valence electrons. The van der Waals surface area contributed by atoms with Crippen molar-refractivity contribution < 1.29 is 19.0 Å². The summed E-state index contributed by atoms with van der Waals surface area (Å²) in [5.41, 5.74) is 1.74. The summed E-state index contributed by atoms with van der Waals surface area (Å²) in [4.78, 5) is 11.9. The highest BCUT2D eigenvalue weighted by Crippen LogP contribution is 2.28. The van der Waals surface area contributed by atoms with Crippen LogP contribution in [0.3, 0.4) is 0 Å². The number of ether oxygens (including phenoxy) is 3. The number of hydrogen-bond donors (Lipinski definition) is 0. The highest BCUT2D eigenvalue weighted by Gasteiger charge is 2.05. The van der Waals surface area contributed by atoms with Crippen molar-refractivity contribution in [3.8, 4) is 17.2 Å². The van der Waals surface area contributed by atoms with Gasteiger partial charge < -0.3 is 14.2 Å². The lowest BCUT2D eigenvalue weighted by atomic mass is 10.2. The fourth-order valence-corrected chi connectivity index (χ4v) is 2.04. The summed E-state index contributed by atoms with van der Waals surface area (Å²) in [6, 6.07) is 12.9. The van der Waals surface area contributed by atoms with E-state index < -0.39 is 5.97 Å². The molecule has 0 bridgehead atoms. The molecule has 0 N–H and O–H groups in total. The van der Waals surface area contributed by atoms with Crippen LogP contribution < -0.4 is 14.2 Å². The molecule has 2 aromatic carbocycles. The minimum Gasteiger partial charge on any atom is -0.493 e. The first kappa shape index (κ1) is 16.6. The average Bonchev–Trinajstić information content (AvgIpc) is 2.56. The molecule has 0 aromatic heterocycles. The summed E-state index contributed by atoms with van der Waals surface area (Å²) in [5.74, 6) is 1.44. The van der Waals surface area contributed by atoms with Crippen LogP contribution in [0.15, 0.2) is 48.5 Å². The van der Waals surface area contributed by atoms with E-state index in [1.165, 1.54) is 6.08 Å². The molecule has 0 unspecified atom stereocenters. The molecule has 0 saturated carbocycles. The van der Waals surface area contributed by atoms with Crippen molar-refractivity contribution in [2.24, 2.45) is 0 Å². The minimum atomic E-state index is -0.424. The second kappa shape index (κ2) is 8.03. The van der Waals surface area contributed by atoms with Gasteiger partial charge in [0.05, 0.1) is 13.7 Å². The summed E-state index contributed by atoms with van der Waals surface area (Å²) in [6.45, 7) is 4.37. The Morgan fingerprint density at radius 3 is 2.57 bits per heavy atom. The predicted molar refractivity (Wildman–Crippen MR) is 90.0 cm³/mol. The fraction of sp³-hybridized carbons (Fsp3) is 0.211. The molecule has 2 rings (SSSR count). The first-order valence-electron chi connectivity index (χ1n) is 7.40. The van der Waals surface area contributed by atoms with E-state index in [2.05, 4.69) is 0 Å². The Balaban J connectivity index is 2.07. The normalized spacial score (nSPS) is 10.6. The number of carbonyl (C=O) groups excluding carboxylic acids is 1. The largest absolute Gasteiger partial charge is 0.493 e. The van der Waals surface area contributed by atoms with Crippen LogP contribution in [0, 0.1) is 6.92 Å². The van der Waals surface area contributed by atoms with E-state index in [1.54, 1.807) is 19.3 Å². The second-order valence-electron chi connectivity index (χ2n) is 4.86. The smallest absolute Gasteiger partial charge is 0.336 e. The van der Waals surface area contributed by atoms with Crippen LogP contribution in [0.5, 0.6) is 17.2 Å². The minimum absolute atomic E-state index is 0.424. The molecule has 0 fully saturated rings. The van der Waals surface area contributed by atoms with E-state index in [1.807, 2.05) is 50.2 Å². The molecule has 0 aliphatic heterocycles. The van der Waals surface area contributed by atoms with Gasteiger partial charge in [-0.05, 0) is 49.2 Å². The van der Waals surface area contributed by atoms with Gasteiger partial charge in [0.1, 0.15) is 5.75 Å². The molecule has 0 amide bonds. The lowest BCUT2D eigenvalue weighted by molar-refractivity contribution is -0.128. The molecule has 4 nitrogen and oxygen atoms in total. The van der Waals surface area contributed by atoms with Crippen LogP contribution in [-0.4, -0.2) is 19.7 Å². The van der Waals surface area contributed by atoms with E-state index in [4.69, 9.17) is 14.2 Å². The molecule has 0 aliphatic rings. The number of carbonyl (C=O) groups is 1. The second-order valence-corrected chi connectivity index (χ2v) is 4.86. The van der Waals surface area contributed by atoms with Gasteiger partial charge in [0.2, 0.25) is 0 Å². The van der Waals surface area contributed by atoms with E-state index in [0.29, 0.717) is 23.9 Å². The molecule has 4 heteroatoms. The Labute approximate surface area is 136 Å². The Morgan fingerprint density at radius 2 is 1.87 bits per heavy atom. The zero-order valence-electron chi connectivity index (χ0n) is 13.5. The zero-order chi connectivity index (χ0) is 16.7. The van der Waals surface area contributed by atoms with Crippen molar-refractivity contribution >= 4 is 12.0 Å². The Hall–Kier alpha value is -2.75. The monoisotopic (exact) mass is 312 g/mol. The van der Waals surface area contributed by atoms with Crippen molar-refractivity contribution in [1.29, 1.82) is 0 Å². The number of aryl methyl sites for hydroxylation is 1. The molecule has 0 atom stereocenters. The van der Waals surface area contributed by atoms with Crippen LogP contribution in [-0.2, 0) is 4.79 Å². The van der Waals surface area contributed by atoms with Crippen LogP contribution in [0.1, 0.15) is 18.1 Å². The van der Waals surface area contributed by atoms with Crippen molar-refractivity contribution in [3.05, 3.63) is 59.7 Å². The number of methoxy groups -OCH3 is 1. The maximum Gasteiger partial charge on any atom is 0.336 e. The number of esters is 1. The Bertz CT molecular complexity index is 704. The van der Waals surface area contributed by atoms with E-state index >= 15 is 0 Å². The standard InChI is InChI=1S/C19H20O4/c1-4-22-17-11-9-15(13-18(17)21-3)10-12-19(20)23-16-8-6-5-7-14(16)2/h5-13H,4H2,1-3H3/b12-10+. The van der Waals surface area contributed by atoms with Crippen LogP contribution in [0.25, 0.3) is 6.08 Å². The lowest BCUT2D eigenvalue weighted by Crippen LogP contribution is -2.04. The van der Waals surface area contributed by atoms with E-state index in [9.17, 15) is 4.79 Å². The van der Waals surface area contributed by atoms with Gasteiger partial charge in [-0.2, -0.15) is 0 Å². The molecule has 23 heavy (non-hydrogen) atoms. The quantitative estimate of drug-likeness (QED) is 0.459. The molecule has 0 heterocycles. The van der Waals surface area contributed by atoms with Gasteiger partial charge in [0.25, 0.3) is 0 Å². The van der Waals surface area contributed by atoms with Crippen LogP contribution in [0.4, 0.5) is 0 Å².